The van der Waals surface area contributed by atoms with Gasteiger partial charge in [-0.15, -0.1) is 0 Å². The second-order valence-electron chi connectivity index (χ2n) is 2.63. The fraction of sp³-hybridized carbons (Fsp3) is 0.500. The molecule has 1 aromatic heterocycles. The van der Waals surface area contributed by atoms with E-state index in [1.54, 1.807) is 6.92 Å². The second-order valence-corrected chi connectivity index (χ2v) is 2.63. The fourth-order valence-corrected chi connectivity index (χ4v) is 1.22. The minimum absolute atomic E-state index is 0.345. The third-order valence-electron chi connectivity index (χ3n) is 1.76. The number of hydrogen-bond acceptors (Lipinski definition) is 0. The van der Waals surface area contributed by atoms with Gasteiger partial charge < -0.3 is 12.9 Å². The normalized spacial score (nSPS) is 12.1. The predicted molar refractivity (Wildman–Crippen MR) is 40.0 cm³/mol. The van der Waals surface area contributed by atoms with Crippen molar-refractivity contribution in [3.8, 4) is 0 Å². The minimum atomic E-state index is -4.90. The summed E-state index contributed by atoms with van der Waals surface area (Å²) in [5, 5.41) is 0. The Hall–Kier alpha value is -0.935. The third-order valence-corrected chi connectivity index (χ3v) is 1.76. The molecule has 1 heterocycles. The summed E-state index contributed by atoms with van der Waals surface area (Å²) in [7, 11) is 1.40. The first-order valence-electron chi connectivity index (χ1n) is 3.71. The molecule has 0 aliphatic heterocycles. The fourth-order valence-electron chi connectivity index (χ4n) is 1.22. The maximum atomic E-state index is 12.4. The van der Waals surface area contributed by atoms with Crippen molar-refractivity contribution < 1.29 is 17.5 Å². The minimum Gasteiger partial charge on any atom is -0.440 e. The Morgan fingerprint density at radius 1 is 1.50 bits per heavy atom. The second kappa shape index (κ2) is 2.84. The quantitative estimate of drug-likeness (QED) is 0.457. The lowest BCUT2D eigenvalue weighted by molar-refractivity contribution is -0.654. The van der Waals surface area contributed by atoms with E-state index in [4.69, 9.17) is 0 Å². The van der Waals surface area contributed by atoms with E-state index < -0.39 is 12.7 Å². The van der Waals surface area contributed by atoms with Crippen molar-refractivity contribution in [1.29, 1.82) is 0 Å². The van der Waals surface area contributed by atoms with Crippen LogP contribution in [0.2, 0.25) is 0 Å². The van der Waals surface area contributed by atoms with E-state index in [0.717, 1.165) is 4.57 Å². The van der Waals surface area contributed by atoms with Gasteiger partial charge in [-0.05, 0) is 6.92 Å². The zero-order valence-corrected chi connectivity index (χ0v) is 6.97. The van der Waals surface area contributed by atoms with Crippen LogP contribution in [-0.4, -0.2) is 11.5 Å². The van der Waals surface area contributed by atoms with Gasteiger partial charge >= 0.3 is 6.98 Å². The molecule has 0 bridgehead atoms. The largest absolute Gasteiger partial charge is 0.589 e. The maximum absolute atomic E-state index is 12.4. The average molecular weight is 178 g/mol. The molecule has 0 N–H and O–H groups in total. The molecule has 0 spiro atoms. The van der Waals surface area contributed by atoms with Crippen molar-refractivity contribution in [2.45, 2.75) is 13.5 Å². The summed E-state index contributed by atoms with van der Waals surface area (Å²) in [4.78, 5) is 0. The molecule has 0 amide bonds. The van der Waals surface area contributed by atoms with Gasteiger partial charge in [0, 0.05) is 0 Å². The summed E-state index contributed by atoms with van der Waals surface area (Å²) < 4.78 is 39.3. The van der Waals surface area contributed by atoms with Crippen molar-refractivity contribution in [1.82, 2.24) is 4.57 Å². The van der Waals surface area contributed by atoms with E-state index in [2.05, 4.69) is 0 Å². The van der Waals surface area contributed by atoms with E-state index in [1.165, 1.54) is 24.0 Å². The van der Waals surface area contributed by atoms with Crippen LogP contribution in [0.3, 0.4) is 0 Å². The molecule has 0 aromatic carbocycles. The molecular weight excluding hydrogens is 168 g/mol. The molecule has 0 unspecified atom stereocenters. The maximum Gasteiger partial charge on any atom is 0.589 e. The van der Waals surface area contributed by atoms with Crippen molar-refractivity contribution in [3.05, 3.63) is 12.4 Å². The Kier molecular flexibility index (Phi) is 2.17. The number of hydrogen-bond donors (Lipinski definition) is 0. The van der Waals surface area contributed by atoms with E-state index in [9.17, 15) is 12.9 Å². The standard InChI is InChI=1S/C6H10BF3N2/c1-3-12-5-4-11(2)6(12)7(8,9)10/h4-5H,3H2,1-2H3. The highest BCUT2D eigenvalue weighted by molar-refractivity contribution is 6.71. The van der Waals surface area contributed by atoms with Crippen molar-refractivity contribution >= 4 is 12.7 Å². The average Bonchev–Trinajstić information content (AvgIpc) is 2.29. The first-order chi connectivity index (χ1) is 5.46. The van der Waals surface area contributed by atoms with Crippen LogP contribution in [0.4, 0.5) is 12.9 Å². The van der Waals surface area contributed by atoms with Gasteiger partial charge in [0.1, 0.15) is 12.4 Å². The number of nitrogens with zero attached hydrogens (tertiary/aromatic N) is 2. The SMILES string of the molecule is CCn1cc[n+](C)c1[B-](F)(F)F. The van der Waals surface area contributed by atoms with Crippen molar-refractivity contribution in [2.24, 2.45) is 7.05 Å². The lowest BCUT2D eigenvalue weighted by Crippen LogP contribution is -2.58. The topological polar surface area (TPSA) is 8.81 Å². The highest BCUT2D eigenvalue weighted by Gasteiger charge is 2.38. The van der Waals surface area contributed by atoms with E-state index in [0.29, 0.717) is 6.54 Å². The van der Waals surface area contributed by atoms with E-state index in [1.807, 2.05) is 0 Å². The molecule has 0 atom stereocenters. The summed E-state index contributed by atoms with van der Waals surface area (Å²) in [5.74, 6) is 0. The van der Waals surface area contributed by atoms with Gasteiger partial charge in [-0.25, -0.2) is 0 Å². The summed E-state index contributed by atoms with van der Waals surface area (Å²) in [6, 6.07) is 0. The number of rotatable bonds is 2. The van der Waals surface area contributed by atoms with Crippen LogP contribution in [0, 0.1) is 0 Å². The summed E-state index contributed by atoms with van der Waals surface area (Å²) in [6.07, 6.45) is 2.85. The molecule has 0 aliphatic rings. The monoisotopic (exact) mass is 178 g/mol. The molecular formula is C6H10BF3N2. The molecule has 1 aromatic rings. The molecule has 68 valence electrons. The summed E-state index contributed by atoms with van der Waals surface area (Å²) in [6.45, 7) is -2.87. The van der Waals surface area contributed by atoms with Gasteiger partial charge in [0.15, 0.2) is 5.72 Å². The zero-order valence-electron chi connectivity index (χ0n) is 6.97. The van der Waals surface area contributed by atoms with Crippen LogP contribution in [0.1, 0.15) is 6.92 Å². The van der Waals surface area contributed by atoms with Crippen LogP contribution in [0.15, 0.2) is 12.4 Å². The Balaban J connectivity index is 3.19. The summed E-state index contributed by atoms with van der Waals surface area (Å²) in [5.41, 5.74) is -0.558. The van der Waals surface area contributed by atoms with Crippen LogP contribution < -0.4 is 10.3 Å². The number of halogens is 3. The van der Waals surface area contributed by atoms with Gasteiger partial charge in [-0.1, -0.05) is 0 Å². The van der Waals surface area contributed by atoms with Gasteiger partial charge in [-0.2, -0.15) is 0 Å². The first-order valence-corrected chi connectivity index (χ1v) is 3.71. The van der Waals surface area contributed by atoms with Gasteiger partial charge in [0.25, 0.3) is 0 Å². The predicted octanol–water partition coefficient (Wildman–Crippen LogP) is 0.387. The van der Waals surface area contributed by atoms with Crippen LogP contribution >= 0.6 is 0 Å². The van der Waals surface area contributed by atoms with E-state index in [-0.39, 0.29) is 0 Å². The van der Waals surface area contributed by atoms with Crippen molar-refractivity contribution in [2.75, 3.05) is 0 Å². The van der Waals surface area contributed by atoms with Crippen LogP contribution in [-0.2, 0) is 13.6 Å². The molecule has 0 saturated carbocycles. The van der Waals surface area contributed by atoms with Crippen LogP contribution in [0.5, 0.6) is 0 Å². The highest BCUT2D eigenvalue weighted by atomic mass is 19.4. The highest BCUT2D eigenvalue weighted by Crippen LogP contribution is 2.06. The Morgan fingerprint density at radius 3 is 2.42 bits per heavy atom. The van der Waals surface area contributed by atoms with E-state index >= 15 is 0 Å². The third kappa shape index (κ3) is 1.46. The number of aromatic nitrogens is 2. The molecule has 6 heteroatoms. The van der Waals surface area contributed by atoms with Crippen molar-refractivity contribution in [3.63, 3.8) is 0 Å². The van der Waals surface area contributed by atoms with Gasteiger partial charge in [-0.3, -0.25) is 9.13 Å². The van der Waals surface area contributed by atoms with Crippen LogP contribution in [0.25, 0.3) is 0 Å². The smallest absolute Gasteiger partial charge is 0.440 e. The van der Waals surface area contributed by atoms with Gasteiger partial charge in [0.2, 0.25) is 0 Å². The molecule has 0 fully saturated rings. The lowest BCUT2D eigenvalue weighted by Gasteiger charge is -2.11. The van der Waals surface area contributed by atoms with Gasteiger partial charge in [0.05, 0.1) is 13.6 Å². The number of aryl methyl sites for hydroxylation is 2. The molecule has 0 aliphatic carbocycles. The number of imidazole rings is 1. The molecule has 2 nitrogen and oxygen atoms in total. The molecule has 0 saturated heterocycles. The Labute approximate surface area is 68.7 Å². The molecule has 1 rings (SSSR count). The lowest BCUT2D eigenvalue weighted by atomic mass is 9.90. The zero-order chi connectivity index (χ0) is 9.35. The Bertz CT molecular complexity index is 279. The first kappa shape index (κ1) is 9.16. The Morgan fingerprint density at radius 2 is 2.08 bits per heavy atom. The molecule has 0 radical (unpaired) electrons. The molecule has 12 heavy (non-hydrogen) atoms. The summed E-state index contributed by atoms with van der Waals surface area (Å²) >= 11 is 0.